The minimum absolute atomic E-state index is 0.162. The lowest BCUT2D eigenvalue weighted by Gasteiger charge is -2.20. The lowest BCUT2D eigenvalue weighted by Crippen LogP contribution is -2.29. The van der Waals surface area contributed by atoms with E-state index in [4.69, 9.17) is 0 Å². The van der Waals surface area contributed by atoms with Crippen LogP contribution in [0.3, 0.4) is 0 Å². The molecule has 0 aliphatic heterocycles. The van der Waals surface area contributed by atoms with Crippen molar-refractivity contribution in [3.8, 4) is 0 Å². The first-order chi connectivity index (χ1) is 4.59. The fourth-order valence-electron chi connectivity index (χ4n) is 0.489. The molecular formula is C5H11FNO2S-. The lowest BCUT2D eigenvalue weighted by atomic mass is 10.5. The van der Waals surface area contributed by atoms with E-state index in [0.717, 1.165) is 0 Å². The van der Waals surface area contributed by atoms with Crippen LogP contribution in [0.5, 0.6) is 0 Å². The molecule has 0 aromatic carbocycles. The van der Waals surface area contributed by atoms with E-state index in [2.05, 4.69) is 0 Å². The Hall–Kier alpha value is -0.0000000000000000486. The molecule has 0 aliphatic carbocycles. The molecule has 0 radical (unpaired) electrons. The standard InChI is InChI=1S/C5H12FNO2S/c1-3-4-7(6)5(2)10(8)9/h5H,3-4H2,1-2H3,(H,8,9)/p-1. The van der Waals surface area contributed by atoms with E-state index in [1.54, 1.807) is 6.92 Å². The second-order valence-corrected chi connectivity index (χ2v) is 3.19. The summed E-state index contributed by atoms with van der Waals surface area (Å²) in [5.41, 5.74) is 0. The molecule has 2 atom stereocenters. The summed E-state index contributed by atoms with van der Waals surface area (Å²) in [6.45, 7) is 3.25. The highest BCUT2D eigenvalue weighted by molar-refractivity contribution is 7.79. The van der Waals surface area contributed by atoms with E-state index in [-0.39, 0.29) is 6.54 Å². The van der Waals surface area contributed by atoms with E-state index >= 15 is 0 Å². The van der Waals surface area contributed by atoms with Crippen LogP contribution in [-0.4, -0.2) is 25.8 Å². The summed E-state index contributed by atoms with van der Waals surface area (Å²) in [7, 11) is 0. The Morgan fingerprint density at radius 1 is 1.80 bits per heavy atom. The number of rotatable bonds is 4. The van der Waals surface area contributed by atoms with Gasteiger partial charge in [0, 0.05) is 6.54 Å². The molecule has 0 saturated carbocycles. The van der Waals surface area contributed by atoms with Crippen LogP contribution >= 0.6 is 0 Å². The van der Waals surface area contributed by atoms with Crippen molar-refractivity contribution in [1.29, 1.82) is 0 Å². The molecule has 0 saturated heterocycles. The molecule has 0 rings (SSSR count). The van der Waals surface area contributed by atoms with Crippen molar-refractivity contribution >= 4 is 11.1 Å². The van der Waals surface area contributed by atoms with Crippen molar-refractivity contribution in [3.63, 3.8) is 0 Å². The molecule has 0 bridgehead atoms. The number of halogens is 1. The minimum atomic E-state index is -2.34. The zero-order valence-corrected chi connectivity index (χ0v) is 6.86. The summed E-state index contributed by atoms with van der Waals surface area (Å²) >= 11 is -2.34. The molecule has 3 nitrogen and oxygen atoms in total. The lowest BCUT2D eigenvalue weighted by molar-refractivity contribution is 0.0144. The molecule has 0 spiro atoms. The van der Waals surface area contributed by atoms with Gasteiger partial charge < -0.3 is 4.55 Å². The van der Waals surface area contributed by atoms with Gasteiger partial charge in [-0.2, -0.15) is 0 Å². The molecular weight excluding hydrogens is 157 g/mol. The molecule has 0 N–H and O–H groups in total. The van der Waals surface area contributed by atoms with Gasteiger partial charge in [-0.3, -0.25) is 4.21 Å². The van der Waals surface area contributed by atoms with Crippen molar-refractivity contribution in [3.05, 3.63) is 0 Å². The molecule has 0 amide bonds. The predicted octanol–water partition coefficient (Wildman–Crippen LogP) is 0.808. The molecule has 0 heterocycles. The monoisotopic (exact) mass is 168 g/mol. The van der Waals surface area contributed by atoms with Crippen LogP contribution in [0.1, 0.15) is 20.3 Å². The van der Waals surface area contributed by atoms with Crippen molar-refractivity contribution < 1.29 is 13.2 Å². The Bertz CT molecular complexity index is 122. The van der Waals surface area contributed by atoms with E-state index in [1.807, 2.05) is 0 Å². The number of hydrogen-bond acceptors (Lipinski definition) is 3. The van der Waals surface area contributed by atoms with Crippen molar-refractivity contribution in [2.24, 2.45) is 0 Å². The summed E-state index contributed by atoms with van der Waals surface area (Å²) in [5, 5.41) is -0.719. The van der Waals surface area contributed by atoms with Gasteiger partial charge in [0.25, 0.3) is 0 Å². The molecule has 10 heavy (non-hydrogen) atoms. The normalized spacial score (nSPS) is 17.3. The van der Waals surface area contributed by atoms with Crippen molar-refractivity contribution in [2.45, 2.75) is 25.6 Å². The highest BCUT2D eigenvalue weighted by Crippen LogP contribution is 2.02. The third-order valence-corrected chi connectivity index (χ3v) is 1.90. The maximum Gasteiger partial charge on any atom is 0.0993 e. The van der Waals surface area contributed by atoms with E-state index in [0.29, 0.717) is 11.5 Å². The first-order valence-corrected chi connectivity index (χ1v) is 4.24. The summed E-state index contributed by atoms with van der Waals surface area (Å²) < 4.78 is 32.8. The molecule has 0 aromatic heterocycles. The van der Waals surface area contributed by atoms with E-state index in [1.165, 1.54) is 6.92 Å². The van der Waals surface area contributed by atoms with Crippen LogP contribution in [0.25, 0.3) is 0 Å². The zero-order chi connectivity index (χ0) is 8.15. The molecule has 0 aliphatic rings. The van der Waals surface area contributed by atoms with E-state index in [9.17, 15) is 13.2 Å². The Labute approximate surface area is 62.4 Å². The van der Waals surface area contributed by atoms with Crippen LogP contribution in [0, 0.1) is 0 Å². The molecule has 5 heteroatoms. The average Bonchev–Trinajstić information content (AvgIpc) is 1.87. The summed E-state index contributed by atoms with van der Waals surface area (Å²) in [5.74, 6) is 0. The number of nitrogens with zero attached hydrogens (tertiary/aromatic N) is 1. The van der Waals surface area contributed by atoms with Gasteiger partial charge >= 0.3 is 0 Å². The van der Waals surface area contributed by atoms with Gasteiger partial charge in [-0.15, -0.1) is 9.60 Å². The maximum atomic E-state index is 12.5. The zero-order valence-electron chi connectivity index (χ0n) is 6.04. The van der Waals surface area contributed by atoms with E-state index < -0.39 is 16.5 Å². The first kappa shape index (κ1) is 10.0. The second kappa shape index (κ2) is 4.76. The van der Waals surface area contributed by atoms with Gasteiger partial charge in [-0.25, -0.2) is 0 Å². The third kappa shape index (κ3) is 3.24. The smallest absolute Gasteiger partial charge is 0.0993 e. The largest absolute Gasteiger partial charge is 0.771 e. The van der Waals surface area contributed by atoms with Crippen LogP contribution < -0.4 is 0 Å². The van der Waals surface area contributed by atoms with Gasteiger partial charge in [-0.05, 0) is 24.4 Å². The highest BCUT2D eigenvalue weighted by atomic mass is 32.2. The summed E-state index contributed by atoms with van der Waals surface area (Å²) in [4.78, 5) is 0. The molecule has 2 unspecified atom stereocenters. The summed E-state index contributed by atoms with van der Waals surface area (Å²) in [6.07, 6.45) is 0.609. The van der Waals surface area contributed by atoms with Crippen LogP contribution in [0.15, 0.2) is 0 Å². The highest BCUT2D eigenvalue weighted by Gasteiger charge is 2.11. The number of hydrogen-bond donors (Lipinski definition) is 0. The predicted molar refractivity (Wildman–Crippen MR) is 36.5 cm³/mol. The van der Waals surface area contributed by atoms with Gasteiger partial charge in [0.15, 0.2) is 0 Å². The minimum Gasteiger partial charge on any atom is -0.771 e. The van der Waals surface area contributed by atoms with Crippen molar-refractivity contribution in [1.82, 2.24) is 5.12 Å². The van der Waals surface area contributed by atoms with Crippen LogP contribution in [0.2, 0.25) is 0 Å². The van der Waals surface area contributed by atoms with Gasteiger partial charge in [0.2, 0.25) is 0 Å². The summed E-state index contributed by atoms with van der Waals surface area (Å²) in [6, 6.07) is 0. The Balaban J connectivity index is 3.69. The SMILES string of the molecule is CCCN(F)C(C)S(=O)[O-]. The molecule has 62 valence electrons. The van der Waals surface area contributed by atoms with Gasteiger partial charge in [0.05, 0.1) is 5.37 Å². The molecule has 0 aromatic rings. The Morgan fingerprint density at radius 2 is 2.30 bits per heavy atom. The Kier molecular flexibility index (Phi) is 4.76. The topological polar surface area (TPSA) is 43.4 Å². The first-order valence-electron chi connectivity index (χ1n) is 3.10. The average molecular weight is 168 g/mol. The molecule has 0 fully saturated rings. The fraction of sp³-hybridized carbons (Fsp3) is 1.00. The third-order valence-electron chi connectivity index (χ3n) is 1.11. The second-order valence-electron chi connectivity index (χ2n) is 1.98. The Morgan fingerprint density at radius 3 is 2.60 bits per heavy atom. The fourth-order valence-corrected chi connectivity index (χ4v) is 0.781. The van der Waals surface area contributed by atoms with Crippen LogP contribution in [-0.2, 0) is 11.1 Å². The van der Waals surface area contributed by atoms with Gasteiger partial charge in [-0.1, -0.05) is 6.92 Å². The maximum absolute atomic E-state index is 12.5. The quantitative estimate of drug-likeness (QED) is 0.461. The van der Waals surface area contributed by atoms with Crippen molar-refractivity contribution in [2.75, 3.05) is 6.54 Å². The van der Waals surface area contributed by atoms with Crippen LogP contribution in [0.4, 0.5) is 4.48 Å². The van der Waals surface area contributed by atoms with Gasteiger partial charge in [0.1, 0.15) is 0 Å².